The highest BCUT2D eigenvalue weighted by Gasteiger charge is 2.28. The van der Waals surface area contributed by atoms with Crippen molar-refractivity contribution in [3.8, 4) is 0 Å². The predicted octanol–water partition coefficient (Wildman–Crippen LogP) is 2.11. The number of carbonyl (C=O) groups is 1. The maximum atomic E-state index is 12.2. The van der Waals surface area contributed by atoms with E-state index in [0.717, 1.165) is 19.3 Å². The molecule has 1 aromatic carbocycles. The van der Waals surface area contributed by atoms with Gasteiger partial charge in [-0.3, -0.25) is 14.9 Å². The fourth-order valence-corrected chi connectivity index (χ4v) is 2.76. The van der Waals surface area contributed by atoms with Crippen molar-refractivity contribution in [2.45, 2.75) is 25.3 Å². The van der Waals surface area contributed by atoms with Gasteiger partial charge in [-0.25, -0.2) is 0 Å². The van der Waals surface area contributed by atoms with Crippen molar-refractivity contribution < 1.29 is 9.72 Å². The van der Waals surface area contributed by atoms with Gasteiger partial charge in [0.1, 0.15) is 0 Å². The van der Waals surface area contributed by atoms with Crippen LogP contribution in [0.3, 0.4) is 0 Å². The second-order valence-corrected chi connectivity index (χ2v) is 5.34. The van der Waals surface area contributed by atoms with Gasteiger partial charge >= 0.3 is 0 Å². The molecule has 0 heterocycles. The second kappa shape index (κ2) is 6.19. The quantitative estimate of drug-likeness (QED) is 0.657. The smallest absolute Gasteiger partial charge is 0.270 e. The molecule has 20 heavy (non-hydrogen) atoms. The zero-order valence-electron chi connectivity index (χ0n) is 10.8. The normalized spacial score (nSPS) is 21.7. The lowest BCUT2D eigenvalue weighted by Gasteiger charge is -2.19. The average Bonchev–Trinajstić information content (AvgIpc) is 2.86. The highest BCUT2D eigenvalue weighted by molar-refractivity contribution is 6.33. The molecule has 0 radical (unpaired) electrons. The molecule has 2 rings (SSSR count). The molecule has 1 aromatic rings. The van der Waals surface area contributed by atoms with E-state index >= 15 is 0 Å². The molecule has 0 bridgehead atoms. The van der Waals surface area contributed by atoms with Crippen LogP contribution >= 0.6 is 11.6 Å². The van der Waals surface area contributed by atoms with E-state index in [1.54, 1.807) is 0 Å². The van der Waals surface area contributed by atoms with Gasteiger partial charge in [0.25, 0.3) is 11.6 Å². The number of halogens is 1. The SMILES string of the molecule is NCC1CCCC1NC(=O)c1cc([N+](=O)[O-])ccc1Cl. The summed E-state index contributed by atoms with van der Waals surface area (Å²) in [6.45, 7) is 0.521. The number of nitrogens with one attached hydrogen (secondary N) is 1. The molecule has 0 saturated heterocycles. The minimum atomic E-state index is -0.550. The van der Waals surface area contributed by atoms with Crippen LogP contribution in [-0.2, 0) is 0 Å². The molecular weight excluding hydrogens is 282 g/mol. The van der Waals surface area contributed by atoms with Gasteiger partial charge in [0.15, 0.2) is 0 Å². The first-order valence-corrected chi connectivity index (χ1v) is 6.85. The lowest BCUT2D eigenvalue weighted by Crippen LogP contribution is -2.40. The van der Waals surface area contributed by atoms with Crippen LogP contribution in [0, 0.1) is 16.0 Å². The van der Waals surface area contributed by atoms with Crippen molar-refractivity contribution in [1.29, 1.82) is 0 Å². The molecule has 6 nitrogen and oxygen atoms in total. The summed E-state index contributed by atoms with van der Waals surface area (Å²) in [5, 5.41) is 13.8. The third kappa shape index (κ3) is 3.08. The van der Waals surface area contributed by atoms with E-state index in [1.807, 2.05) is 0 Å². The summed E-state index contributed by atoms with van der Waals surface area (Å²) in [5.74, 6) is -0.125. The van der Waals surface area contributed by atoms with E-state index in [4.69, 9.17) is 17.3 Å². The number of non-ortho nitro benzene ring substituents is 1. The Kier molecular flexibility index (Phi) is 4.57. The number of rotatable bonds is 4. The lowest BCUT2D eigenvalue weighted by atomic mass is 10.0. The summed E-state index contributed by atoms with van der Waals surface area (Å²) in [5.41, 5.74) is 5.64. The Morgan fingerprint density at radius 1 is 1.50 bits per heavy atom. The van der Waals surface area contributed by atoms with Crippen LogP contribution in [0.25, 0.3) is 0 Å². The van der Waals surface area contributed by atoms with E-state index in [-0.39, 0.29) is 34.1 Å². The van der Waals surface area contributed by atoms with Gasteiger partial charge in [0.05, 0.1) is 15.5 Å². The van der Waals surface area contributed by atoms with Gasteiger partial charge in [0, 0.05) is 18.2 Å². The van der Waals surface area contributed by atoms with Crippen LogP contribution in [0.1, 0.15) is 29.6 Å². The van der Waals surface area contributed by atoms with Gasteiger partial charge < -0.3 is 11.1 Å². The molecule has 1 amide bonds. The number of carbonyl (C=O) groups excluding carboxylic acids is 1. The standard InChI is InChI=1S/C13H16ClN3O3/c14-11-5-4-9(17(19)20)6-10(11)13(18)16-12-3-1-2-8(12)7-15/h4-6,8,12H,1-3,7,15H2,(H,16,18). The van der Waals surface area contributed by atoms with Crippen molar-refractivity contribution in [1.82, 2.24) is 5.32 Å². The highest BCUT2D eigenvalue weighted by Crippen LogP contribution is 2.26. The molecule has 7 heteroatoms. The molecule has 0 spiro atoms. The third-order valence-corrected chi connectivity index (χ3v) is 4.01. The average molecular weight is 298 g/mol. The summed E-state index contributed by atoms with van der Waals surface area (Å²) in [4.78, 5) is 22.4. The van der Waals surface area contributed by atoms with E-state index in [9.17, 15) is 14.9 Å². The van der Waals surface area contributed by atoms with E-state index in [1.165, 1.54) is 18.2 Å². The van der Waals surface area contributed by atoms with Crippen LogP contribution in [0.15, 0.2) is 18.2 Å². The van der Waals surface area contributed by atoms with Crippen molar-refractivity contribution in [2.24, 2.45) is 11.7 Å². The molecule has 1 aliphatic carbocycles. The zero-order valence-corrected chi connectivity index (χ0v) is 11.6. The maximum Gasteiger partial charge on any atom is 0.270 e. The Morgan fingerprint density at radius 2 is 2.25 bits per heavy atom. The van der Waals surface area contributed by atoms with E-state index < -0.39 is 4.92 Å². The monoisotopic (exact) mass is 297 g/mol. The fourth-order valence-electron chi connectivity index (χ4n) is 2.56. The van der Waals surface area contributed by atoms with Gasteiger partial charge in [0.2, 0.25) is 0 Å². The number of nitrogens with two attached hydrogens (primary N) is 1. The number of hydrogen-bond acceptors (Lipinski definition) is 4. The van der Waals surface area contributed by atoms with Gasteiger partial charge in [-0.2, -0.15) is 0 Å². The first kappa shape index (κ1) is 14.7. The molecule has 108 valence electrons. The number of benzene rings is 1. The molecule has 1 fully saturated rings. The van der Waals surface area contributed by atoms with Gasteiger partial charge in [-0.15, -0.1) is 0 Å². The lowest BCUT2D eigenvalue weighted by molar-refractivity contribution is -0.384. The Morgan fingerprint density at radius 3 is 2.90 bits per heavy atom. The first-order valence-electron chi connectivity index (χ1n) is 6.47. The number of nitro benzene ring substituents is 1. The number of nitrogens with zero attached hydrogens (tertiary/aromatic N) is 1. The molecule has 1 aliphatic rings. The van der Waals surface area contributed by atoms with Crippen LogP contribution in [0.2, 0.25) is 5.02 Å². The maximum absolute atomic E-state index is 12.2. The summed E-state index contributed by atoms with van der Waals surface area (Å²) in [6.07, 6.45) is 2.89. The van der Waals surface area contributed by atoms with Crippen LogP contribution in [0.4, 0.5) is 5.69 Å². The van der Waals surface area contributed by atoms with E-state index in [0.29, 0.717) is 6.54 Å². The van der Waals surface area contributed by atoms with Crippen molar-refractivity contribution in [3.63, 3.8) is 0 Å². The first-order chi connectivity index (χ1) is 9.52. The number of hydrogen-bond donors (Lipinski definition) is 2. The third-order valence-electron chi connectivity index (χ3n) is 3.68. The van der Waals surface area contributed by atoms with Crippen LogP contribution in [0.5, 0.6) is 0 Å². The molecule has 0 aromatic heterocycles. The molecule has 0 aliphatic heterocycles. The summed E-state index contributed by atoms with van der Waals surface area (Å²) in [7, 11) is 0. The van der Waals surface area contributed by atoms with Crippen molar-refractivity contribution in [3.05, 3.63) is 38.9 Å². The minimum Gasteiger partial charge on any atom is -0.349 e. The predicted molar refractivity (Wildman–Crippen MR) is 75.8 cm³/mol. The number of nitro groups is 1. The largest absolute Gasteiger partial charge is 0.349 e. The molecule has 1 saturated carbocycles. The zero-order chi connectivity index (χ0) is 14.7. The van der Waals surface area contributed by atoms with Gasteiger partial charge in [-0.1, -0.05) is 18.0 Å². The summed E-state index contributed by atoms with van der Waals surface area (Å²) < 4.78 is 0. The van der Waals surface area contributed by atoms with E-state index in [2.05, 4.69) is 5.32 Å². The molecule has 3 N–H and O–H groups in total. The van der Waals surface area contributed by atoms with Crippen LogP contribution in [-0.4, -0.2) is 23.4 Å². The van der Waals surface area contributed by atoms with Crippen molar-refractivity contribution >= 4 is 23.2 Å². The minimum absolute atomic E-state index is 0.0165. The summed E-state index contributed by atoms with van der Waals surface area (Å²) >= 11 is 5.94. The Hall–Kier alpha value is -1.66. The van der Waals surface area contributed by atoms with Gasteiger partial charge in [-0.05, 0) is 31.4 Å². The highest BCUT2D eigenvalue weighted by atomic mass is 35.5. The number of amides is 1. The molecule has 2 unspecified atom stereocenters. The Balaban J connectivity index is 2.16. The Labute approximate surface area is 121 Å². The van der Waals surface area contributed by atoms with Crippen molar-refractivity contribution in [2.75, 3.05) is 6.54 Å². The fraction of sp³-hybridized carbons (Fsp3) is 0.462. The topological polar surface area (TPSA) is 98.3 Å². The summed E-state index contributed by atoms with van der Waals surface area (Å²) in [6, 6.07) is 3.85. The molecular formula is C13H16ClN3O3. The Bertz CT molecular complexity index is 536. The molecule has 2 atom stereocenters. The second-order valence-electron chi connectivity index (χ2n) is 4.93. The van der Waals surface area contributed by atoms with Crippen LogP contribution < -0.4 is 11.1 Å².